The molecule has 0 spiro atoms. The second-order valence-corrected chi connectivity index (χ2v) is 6.13. The summed E-state index contributed by atoms with van der Waals surface area (Å²) in [5.74, 6) is 0.152. The van der Waals surface area contributed by atoms with Gasteiger partial charge in [0, 0.05) is 38.8 Å². The third-order valence-electron chi connectivity index (χ3n) is 4.43. The number of benzene rings is 1. The van der Waals surface area contributed by atoms with Crippen molar-refractivity contribution < 1.29 is 4.79 Å². The van der Waals surface area contributed by atoms with Crippen LogP contribution in [0.5, 0.6) is 0 Å². The van der Waals surface area contributed by atoms with Gasteiger partial charge in [-0.15, -0.1) is 0 Å². The average Bonchev–Trinajstić information content (AvgIpc) is 2.56. The summed E-state index contributed by atoms with van der Waals surface area (Å²) in [4.78, 5) is 20.8. The highest BCUT2D eigenvalue weighted by Gasteiger charge is 2.29. The van der Waals surface area contributed by atoms with E-state index in [2.05, 4.69) is 46.3 Å². The first-order chi connectivity index (χ1) is 11.1. The molecule has 1 aromatic heterocycles. The van der Waals surface area contributed by atoms with Crippen molar-refractivity contribution >= 4 is 5.91 Å². The molecule has 0 N–H and O–H groups in total. The molecule has 2 aromatic rings. The number of amides is 1. The number of piperazine rings is 1. The van der Waals surface area contributed by atoms with Gasteiger partial charge in [-0.3, -0.25) is 14.7 Å². The van der Waals surface area contributed by atoms with Gasteiger partial charge in [0.15, 0.2) is 0 Å². The molecule has 1 fully saturated rings. The van der Waals surface area contributed by atoms with Gasteiger partial charge >= 0.3 is 0 Å². The van der Waals surface area contributed by atoms with Gasteiger partial charge in [0.05, 0.1) is 11.7 Å². The smallest absolute Gasteiger partial charge is 0.219 e. The van der Waals surface area contributed by atoms with Crippen molar-refractivity contribution in [2.75, 3.05) is 19.6 Å². The van der Waals surface area contributed by atoms with Crippen LogP contribution in [-0.2, 0) is 11.3 Å². The van der Waals surface area contributed by atoms with Gasteiger partial charge in [-0.2, -0.15) is 0 Å². The van der Waals surface area contributed by atoms with Crippen LogP contribution in [0.1, 0.15) is 29.9 Å². The molecule has 0 radical (unpaired) electrons. The monoisotopic (exact) mass is 309 g/mol. The van der Waals surface area contributed by atoms with E-state index in [-0.39, 0.29) is 11.9 Å². The molecule has 3 rings (SSSR count). The highest BCUT2D eigenvalue weighted by molar-refractivity contribution is 5.73. The third kappa shape index (κ3) is 3.77. The molecule has 1 aliphatic rings. The molecule has 1 atom stereocenters. The van der Waals surface area contributed by atoms with Crippen LogP contribution < -0.4 is 0 Å². The van der Waals surface area contributed by atoms with Gasteiger partial charge < -0.3 is 4.90 Å². The van der Waals surface area contributed by atoms with E-state index in [0.717, 1.165) is 37.6 Å². The SMILES string of the molecule is CC(=O)N1CCN(Cc2cccc(C)n2)[C@@H](c2ccccc2)C1. The fourth-order valence-corrected chi connectivity index (χ4v) is 3.18. The van der Waals surface area contributed by atoms with Crippen LogP contribution in [0.3, 0.4) is 0 Å². The minimum atomic E-state index is 0.152. The zero-order valence-electron chi connectivity index (χ0n) is 13.8. The summed E-state index contributed by atoms with van der Waals surface area (Å²) in [7, 11) is 0. The molecule has 1 saturated heterocycles. The van der Waals surface area contributed by atoms with E-state index in [0.29, 0.717) is 0 Å². The standard InChI is InChI=1S/C19H23N3O/c1-15-7-6-10-18(20-15)13-22-12-11-21(16(2)23)14-19(22)17-8-4-3-5-9-17/h3-10,19H,11-14H2,1-2H3/t19-/m1/s1. The Morgan fingerprint density at radius 1 is 1.13 bits per heavy atom. The van der Waals surface area contributed by atoms with E-state index in [4.69, 9.17) is 0 Å². The normalized spacial score (nSPS) is 18.9. The minimum absolute atomic E-state index is 0.152. The Morgan fingerprint density at radius 2 is 1.91 bits per heavy atom. The second-order valence-electron chi connectivity index (χ2n) is 6.13. The van der Waals surface area contributed by atoms with Crippen LogP contribution in [-0.4, -0.2) is 40.3 Å². The molecule has 0 saturated carbocycles. The predicted molar refractivity (Wildman–Crippen MR) is 90.8 cm³/mol. The van der Waals surface area contributed by atoms with Crippen molar-refractivity contribution in [3.05, 3.63) is 65.5 Å². The quantitative estimate of drug-likeness (QED) is 0.875. The fourth-order valence-electron chi connectivity index (χ4n) is 3.18. The molecule has 1 aliphatic heterocycles. The Labute approximate surface area is 137 Å². The lowest BCUT2D eigenvalue weighted by Gasteiger charge is -2.41. The summed E-state index contributed by atoms with van der Waals surface area (Å²) >= 11 is 0. The van der Waals surface area contributed by atoms with Crippen LogP contribution in [0, 0.1) is 6.92 Å². The molecule has 1 aromatic carbocycles. The van der Waals surface area contributed by atoms with Crippen molar-refractivity contribution in [3.8, 4) is 0 Å². The number of carbonyl (C=O) groups excluding carboxylic acids is 1. The van der Waals surface area contributed by atoms with Crippen LogP contribution in [0.25, 0.3) is 0 Å². The molecule has 2 heterocycles. The molecule has 0 unspecified atom stereocenters. The maximum Gasteiger partial charge on any atom is 0.219 e. The summed E-state index contributed by atoms with van der Waals surface area (Å²) in [5, 5.41) is 0. The van der Waals surface area contributed by atoms with Crippen molar-refractivity contribution in [1.29, 1.82) is 0 Å². The Morgan fingerprint density at radius 3 is 2.61 bits per heavy atom. The van der Waals surface area contributed by atoms with Crippen molar-refractivity contribution in [2.45, 2.75) is 26.4 Å². The lowest BCUT2D eigenvalue weighted by molar-refractivity contribution is -0.132. The number of aryl methyl sites for hydroxylation is 1. The number of aromatic nitrogens is 1. The van der Waals surface area contributed by atoms with E-state index in [1.54, 1.807) is 6.92 Å². The molecular weight excluding hydrogens is 286 g/mol. The van der Waals surface area contributed by atoms with Gasteiger partial charge in [0.25, 0.3) is 0 Å². The fraction of sp³-hybridized carbons (Fsp3) is 0.368. The van der Waals surface area contributed by atoms with Gasteiger partial charge in [0.1, 0.15) is 0 Å². The molecule has 4 nitrogen and oxygen atoms in total. The number of carbonyl (C=O) groups is 1. The van der Waals surface area contributed by atoms with Crippen molar-refractivity contribution in [3.63, 3.8) is 0 Å². The van der Waals surface area contributed by atoms with Crippen LogP contribution in [0.4, 0.5) is 0 Å². The molecular formula is C19H23N3O. The van der Waals surface area contributed by atoms with Crippen molar-refractivity contribution in [1.82, 2.24) is 14.8 Å². The molecule has 0 bridgehead atoms. The number of nitrogens with zero attached hydrogens (tertiary/aromatic N) is 3. The molecule has 1 amide bonds. The first-order valence-electron chi connectivity index (χ1n) is 8.10. The molecule has 4 heteroatoms. The van der Waals surface area contributed by atoms with Crippen LogP contribution in [0.15, 0.2) is 48.5 Å². The Bertz CT molecular complexity index is 671. The van der Waals surface area contributed by atoms with E-state index in [1.807, 2.05) is 24.0 Å². The van der Waals surface area contributed by atoms with E-state index >= 15 is 0 Å². The van der Waals surface area contributed by atoms with Crippen LogP contribution in [0.2, 0.25) is 0 Å². The highest BCUT2D eigenvalue weighted by atomic mass is 16.2. The molecule has 23 heavy (non-hydrogen) atoms. The zero-order chi connectivity index (χ0) is 16.2. The Hall–Kier alpha value is -2.20. The lowest BCUT2D eigenvalue weighted by atomic mass is 10.0. The average molecular weight is 309 g/mol. The minimum Gasteiger partial charge on any atom is -0.340 e. The predicted octanol–water partition coefficient (Wildman–Crippen LogP) is 2.80. The summed E-state index contributed by atoms with van der Waals surface area (Å²) in [6, 6.07) is 16.8. The highest BCUT2D eigenvalue weighted by Crippen LogP contribution is 2.26. The van der Waals surface area contributed by atoms with E-state index in [1.165, 1.54) is 5.56 Å². The van der Waals surface area contributed by atoms with E-state index < -0.39 is 0 Å². The van der Waals surface area contributed by atoms with Gasteiger partial charge in [-0.25, -0.2) is 0 Å². The number of hydrogen-bond donors (Lipinski definition) is 0. The summed E-state index contributed by atoms with van der Waals surface area (Å²) in [5.41, 5.74) is 3.38. The summed E-state index contributed by atoms with van der Waals surface area (Å²) in [6.45, 7) is 6.88. The van der Waals surface area contributed by atoms with Crippen molar-refractivity contribution in [2.24, 2.45) is 0 Å². The second kappa shape index (κ2) is 6.92. The zero-order valence-corrected chi connectivity index (χ0v) is 13.8. The Kier molecular flexibility index (Phi) is 4.72. The third-order valence-corrected chi connectivity index (χ3v) is 4.43. The maximum atomic E-state index is 11.8. The van der Waals surface area contributed by atoms with Gasteiger partial charge in [-0.1, -0.05) is 36.4 Å². The van der Waals surface area contributed by atoms with Gasteiger partial charge in [0.2, 0.25) is 5.91 Å². The maximum absolute atomic E-state index is 11.8. The first kappa shape index (κ1) is 15.7. The Balaban J connectivity index is 1.83. The molecule has 120 valence electrons. The largest absolute Gasteiger partial charge is 0.340 e. The first-order valence-corrected chi connectivity index (χ1v) is 8.10. The topological polar surface area (TPSA) is 36.4 Å². The number of rotatable bonds is 3. The van der Waals surface area contributed by atoms with E-state index in [9.17, 15) is 4.79 Å². The summed E-state index contributed by atoms with van der Waals surface area (Å²) < 4.78 is 0. The summed E-state index contributed by atoms with van der Waals surface area (Å²) in [6.07, 6.45) is 0. The molecule has 0 aliphatic carbocycles. The number of pyridine rings is 1. The number of hydrogen-bond acceptors (Lipinski definition) is 3. The van der Waals surface area contributed by atoms with Crippen LogP contribution >= 0.6 is 0 Å². The van der Waals surface area contributed by atoms with Gasteiger partial charge in [-0.05, 0) is 24.6 Å². The lowest BCUT2D eigenvalue weighted by Crippen LogP contribution is -2.49.